The van der Waals surface area contributed by atoms with Crippen LogP contribution in [0.3, 0.4) is 0 Å². The molecule has 0 fully saturated rings. The van der Waals surface area contributed by atoms with Crippen LogP contribution in [0.4, 0.5) is 0 Å². The molecule has 0 aliphatic heterocycles. The van der Waals surface area contributed by atoms with E-state index in [0.29, 0.717) is 18.5 Å². The summed E-state index contributed by atoms with van der Waals surface area (Å²) in [5, 5.41) is 4.83. The van der Waals surface area contributed by atoms with Gasteiger partial charge in [0.25, 0.3) is 0 Å². The molecule has 6 aromatic rings. The van der Waals surface area contributed by atoms with Gasteiger partial charge in [-0.2, -0.15) is 0 Å². The van der Waals surface area contributed by atoms with E-state index in [1.807, 2.05) is 42.5 Å². The molecule has 0 amide bonds. The fourth-order valence-electron chi connectivity index (χ4n) is 5.30. The maximum Gasteiger partial charge on any atom is 0.241 e. The van der Waals surface area contributed by atoms with Gasteiger partial charge in [-0.15, -0.1) is 0 Å². The van der Waals surface area contributed by atoms with E-state index in [9.17, 15) is 8.42 Å². The monoisotopic (exact) mass is 595 g/mol. The molecular formula is C38H33N3O2S. The van der Waals surface area contributed by atoms with Gasteiger partial charge in [0, 0.05) is 42.8 Å². The van der Waals surface area contributed by atoms with E-state index in [1.165, 1.54) is 22.3 Å². The van der Waals surface area contributed by atoms with E-state index in [0.717, 1.165) is 22.1 Å². The van der Waals surface area contributed by atoms with Gasteiger partial charge in [0.05, 0.1) is 4.90 Å². The molecule has 0 aliphatic carbocycles. The van der Waals surface area contributed by atoms with E-state index < -0.39 is 10.0 Å². The molecule has 0 unspecified atom stereocenters. The lowest BCUT2D eigenvalue weighted by Gasteiger charge is -2.12. The number of nitrogens with zero attached hydrogens (tertiary/aromatic N) is 1. The summed E-state index contributed by atoms with van der Waals surface area (Å²) < 4.78 is 28.8. The number of benzene rings is 5. The van der Waals surface area contributed by atoms with Crippen LogP contribution in [-0.4, -0.2) is 33.0 Å². The second-order valence-corrected chi connectivity index (χ2v) is 12.2. The Kier molecular flexibility index (Phi) is 9.03. The molecule has 1 heterocycles. The van der Waals surface area contributed by atoms with Crippen molar-refractivity contribution in [2.24, 2.45) is 0 Å². The average molecular weight is 596 g/mol. The minimum absolute atomic E-state index is 0.262. The number of pyridine rings is 1. The summed E-state index contributed by atoms with van der Waals surface area (Å²) in [5.41, 5.74) is 8.04. The first kappa shape index (κ1) is 29.2. The van der Waals surface area contributed by atoms with Crippen molar-refractivity contribution in [2.75, 3.05) is 19.6 Å². The summed E-state index contributed by atoms with van der Waals surface area (Å²) in [5.74, 6) is 0. The summed E-state index contributed by atoms with van der Waals surface area (Å²) >= 11 is 0. The van der Waals surface area contributed by atoms with Crippen LogP contribution >= 0.6 is 0 Å². The molecule has 5 aromatic carbocycles. The molecule has 0 spiro atoms. The molecule has 5 nitrogen and oxygen atoms in total. The fourth-order valence-corrected chi connectivity index (χ4v) is 6.56. The summed E-state index contributed by atoms with van der Waals surface area (Å²) in [6.45, 7) is 1.33. The first-order valence-electron chi connectivity index (χ1n) is 14.6. The molecule has 0 bridgehead atoms. The van der Waals surface area contributed by atoms with Gasteiger partial charge in [-0.3, -0.25) is 4.98 Å². The number of sulfonamides is 1. The second-order valence-electron chi connectivity index (χ2n) is 10.5. The van der Waals surface area contributed by atoms with Gasteiger partial charge < -0.3 is 5.32 Å². The van der Waals surface area contributed by atoms with Crippen molar-refractivity contribution in [2.45, 2.75) is 4.90 Å². The SMILES string of the molecule is O=S(=O)(NCCNCC=C(c1ccc(-c2ccccc2)cc1)c1ccc(-c2ccccc2)cc1)c1cccc2cnccc12. The molecule has 0 saturated carbocycles. The summed E-state index contributed by atoms with van der Waals surface area (Å²) in [7, 11) is -3.66. The molecule has 6 rings (SSSR count). The van der Waals surface area contributed by atoms with Gasteiger partial charge in [0.15, 0.2) is 0 Å². The van der Waals surface area contributed by atoms with Crippen LogP contribution in [0.15, 0.2) is 157 Å². The van der Waals surface area contributed by atoms with Gasteiger partial charge in [0.2, 0.25) is 10.0 Å². The van der Waals surface area contributed by atoms with Crippen molar-refractivity contribution in [1.82, 2.24) is 15.0 Å². The van der Waals surface area contributed by atoms with Crippen molar-refractivity contribution in [3.05, 3.63) is 163 Å². The highest BCUT2D eigenvalue weighted by atomic mass is 32.2. The normalized spacial score (nSPS) is 11.4. The maximum absolute atomic E-state index is 13.0. The van der Waals surface area contributed by atoms with Crippen molar-refractivity contribution in [1.29, 1.82) is 0 Å². The Morgan fingerprint density at radius 2 is 1.18 bits per heavy atom. The Balaban J connectivity index is 1.16. The van der Waals surface area contributed by atoms with Crippen LogP contribution in [0.5, 0.6) is 0 Å². The Morgan fingerprint density at radius 1 is 0.614 bits per heavy atom. The number of hydrogen-bond donors (Lipinski definition) is 2. The van der Waals surface area contributed by atoms with E-state index in [2.05, 4.69) is 93.9 Å². The molecule has 2 N–H and O–H groups in total. The van der Waals surface area contributed by atoms with Crippen molar-refractivity contribution in [3.8, 4) is 22.3 Å². The first-order valence-corrected chi connectivity index (χ1v) is 16.1. The fraction of sp³-hybridized carbons (Fsp3) is 0.0789. The number of nitrogens with one attached hydrogen (secondary N) is 2. The van der Waals surface area contributed by atoms with Crippen LogP contribution in [0.25, 0.3) is 38.6 Å². The van der Waals surface area contributed by atoms with Crippen LogP contribution in [0, 0.1) is 0 Å². The summed E-state index contributed by atoms with van der Waals surface area (Å²) in [6.07, 6.45) is 5.45. The second kappa shape index (κ2) is 13.6. The van der Waals surface area contributed by atoms with Gasteiger partial charge in [-0.05, 0) is 51.1 Å². The third-order valence-electron chi connectivity index (χ3n) is 7.58. The zero-order valence-corrected chi connectivity index (χ0v) is 25.0. The third-order valence-corrected chi connectivity index (χ3v) is 9.10. The van der Waals surface area contributed by atoms with E-state index in [1.54, 1.807) is 30.6 Å². The van der Waals surface area contributed by atoms with E-state index >= 15 is 0 Å². The Morgan fingerprint density at radius 3 is 1.77 bits per heavy atom. The van der Waals surface area contributed by atoms with Gasteiger partial charge in [-0.25, -0.2) is 13.1 Å². The maximum atomic E-state index is 13.0. The largest absolute Gasteiger partial charge is 0.312 e. The number of rotatable bonds is 11. The topological polar surface area (TPSA) is 71.1 Å². The van der Waals surface area contributed by atoms with Crippen LogP contribution < -0.4 is 10.0 Å². The minimum atomic E-state index is -3.66. The predicted octanol–water partition coefficient (Wildman–Crippen LogP) is 7.57. The number of aromatic nitrogens is 1. The van der Waals surface area contributed by atoms with Crippen molar-refractivity contribution in [3.63, 3.8) is 0 Å². The van der Waals surface area contributed by atoms with Crippen LogP contribution in [0.1, 0.15) is 11.1 Å². The molecule has 0 atom stereocenters. The Labute approximate surface area is 259 Å². The zero-order valence-electron chi connectivity index (χ0n) is 24.2. The lowest BCUT2D eigenvalue weighted by atomic mass is 9.94. The number of hydrogen-bond acceptors (Lipinski definition) is 4. The molecule has 0 radical (unpaired) electrons. The van der Waals surface area contributed by atoms with Gasteiger partial charge in [-0.1, -0.05) is 127 Å². The molecule has 218 valence electrons. The summed E-state index contributed by atoms with van der Waals surface area (Å²) in [4.78, 5) is 4.36. The van der Waals surface area contributed by atoms with E-state index in [-0.39, 0.29) is 11.4 Å². The Bertz CT molecular complexity index is 1880. The number of fused-ring (bicyclic) bond motifs is 1. The molecule has 0 aliphatic rings. The van der Waals surface area contributed by atoms with Gasteiger partial charge >= 0.3 is 0 Å². The zero-order chi connectivity index (χ0) is 30.2. The van der Waals surface area contributed by atoms with Crippen LogP contribution in [-0.2, 0) is 10.0 Å². The van der Waals surface area contributed by atoms with Gasteiger partial charge in [0.1, 0.15) is 0 Å². The molecule has 0 saturated heterocycles. The average Bonchev–Trinajstić information content (AvgIpc) is 3.09. The quantitative estimate of drug-likeness (QED) is 0.152. The standard InChI is InChI=1S/C38H33N3O2S/c42-44(43,38-13-7-12-35-28-40-25-23-37(35)38)41-27-26-39-24-22-36(33-18-14-31(15-19-33)29-8-3-1-4-9-29)34-20-16-32(17-21-34)30-10-5-2-6-11-30/h1-23,25,28,39,41H,24,26-27H2. The minimum Gasteiger partial charge on any atom is -0.312 e. The highest BCUT2D eigenvalue weighted by molar-refractivity contribution is 7.89. The molecule has 1 aromatic heterocycles. The molecule has 6 heteroatoms. The first-order chi connectivity index (χ1) is 21.6. The predicted molar refractivity (Wildman–Crippen MR) is 181 cm³/mol. The Hall–Kier alpha value is -4.88. The van der Waals surface area contributed by atoms with Crippen molar-refractivity contribution < 1.29 is 8.42 Å². The summed E-state index contributed by atoms with van der Waals surface area (Å²) in [6, 6.07) is 44.9. The smallest absolute Gasteiger partial charge is 0.241 e. The molecule has 44 heavy (non-hydrogen) atoms. The van der Waals surface area contributed by atoms with Crippen molar-refractivity contribution >= 4 is 26.4 Å². The molecular weight excluding hydrogens is 563 g/mol. The highest BCUT2D eigenvalue weighted by Crippen LogP contribution is 2.29. The lowest BCUT2D eigenvalue weighted by Crippen LogP contribution is -2.32. The van der Waals surface area contributed by atoms with Crippen LogP contribution in [0.2, 0.25) is 0 Å². The third kappa shape index (κ3) is 6.84. The van der Waals surface area contributed by atoms with E-state index in [4.69, 9.17) is 0 Å². The lowest BCUT2D eigenvalue weighted by molar-refractivity contribution is 0.579. The highest BCUT2D eigenvalue weighted by Gasteiger charge is 2.16.